The van der Waals surface area contributed by atoms with Gasteiger partial charge in [0.25, 0.3) is 0 Å². The van der Waals surface area contributed by atoms with E-state index in [1.807, 2.05) is 0 Å². The summed E-state index contributed by atoms with van der Waals surface area (Å²) in [6.07, 6.45) is 2.68. The van der Waals surface area contributed by atoms with Crippen LogP contribution in [0.15, 0.2) is 0 Å². The lowest BCUT2D eigenvalue weighted by Gasteiger charge is -2.25. The number of hydrogen-bond donors (Lipinski definition) is 1. The lowest BCUT2D eigenvalue weighted by Crippen LogP contribution is -2.40. The van der Waals surface area contributed by atoms with E-state index in [4.69, 9.17) is 4.74 Å². The zero-order valence-corrected chi connectivity index (χ0v) is 10.8. The van der Waals surface area contributed by atoms with Crippen molar-refractivity contribution in [3.05, 3.63) is 0 Å². The molecule has 0 aliphatic carbocycles. The van der Waals surface area contributed by atoms with Crippen molar-refractivity contribution in [2.75, 3.05) is 18.1 Å². The molecule has 1 N–H and O–H groups in total. The Balaban J connectivity index is 1.86. The van der Waals surface area contributed by atoms with Crippen LogP contribution in [0.5, 0.6) is 0 Å². The average molecular weight is 247 g/mol. The van der Waals surface area contributed by atoms with Gasteiger partial charge in [-0.3, -0.25) is 5.32 Å². The zero-order chi connectivity index (χ0) is 11.8. The summed E-state index contributed by atoms with van der Waals surface area (Å²) >= 11 is 0. The smallest absolute Gasteiger partial charge is 0.150 e. The van der Waals surface area contributed by atoms with Crippen molar-refractivity contribution in [2.24, 2.45) is 5.92 Å². The van der Waals surface area contributed by atoms with Crippen molar-refractivity contribution in [2.45, 2.75) is 44.9 Å². The lowest BCUT2D eigenvalue weighted by molar-refractivity contribution is 0.0786. The largest absolute Gasteiger partial charge is 0.361 e. The van der Waals surface area contributed by atoms with Gasteiger partial charge < -0.3 is 4.74 Å². The number of sulfone groups is 1. The number of hydrogen-bond acceptors (Lipinski definition) is 4. The van der Waals surface area contributed by atoms with Crippen molar-refractivity contribution >= 4 is 9.84 Å². The second-order valence-electron chi connectivity index (χ2n) is 5.69. The fourth-order valence-corrected chi connectivity index (χ4v) is 4.36. The zero-order valence-electron chi connectivity index (χ0n) is 10.0. The molecule has 4 nitrogen and oxygen atoms in total. The molecule has 2 atom stereocenters. The first kappa shape index (κ1) is 12.3. The summed E-state index contributed by atoms with van der Waals surface area (Å²) in [4.78, 5) is 0. The summed E-state index contributed by atoms with van der Waals surface area (Å²) in [7, 11) is -2.79. The highest BCUT2D eigenvalue weighted by Gasteiger charge is 2.34. The minimum Gasteiger partial charge on any atom is -0.361 e. The molecule has 0 amide bonds. The van der Waals surface area contributed by atoms with Crippen LogP contribution in [0.4, 0.5) is 0 Å². The average Bonchev–Trinajstić information content (AvgIpc) is 2.43. The molecule has 2 fully saturated rings. The van der Waals surface area contributed by atoms with Crippen molar-refractivity contribution in [1.29, 1.82) is 0 Å². The highest BCUT2D eigenvalue weighted by Crippen LogP contribution is 2.26. The molecule has 5 heteroatoms. The molecule has 2 saturated heterocycles. The minimum absolute atomic E-state index is 0.0260. The molecular weight excluding hydrogens is 226 g/mol. The van der Waals surface area contributed by atoms with Crippen LogP contribution in [0.25, 0.3) is 0 Å². The van der Waals surface area contributed by atoms with Crippen LogP contribution in [-0.4, -0.2) is 38.3 Å². The molecule has 2 unspecified atom stereocenters. The molecule has 16 heavy (non-hydrogen) atoms. The van der Waals surface area contributed by atoms with E-state index in [1.165, 1.54) is 0 Å². The van der Waals surface area contributed by atoms with E-state index in [-0.39, 0.29) is 17.7 Å². The third kappa shape index (κ3) is 3.18. The topological polar surface area (TPSA) is 55.4 Å². The van der Waals surface area contributed by atoms with Gasteiger partial charge in [-0.25, -0.2) is 8.42 Å². The maximum atomic E-state index is 11.5. The van der Waals surface area contributed by atoms with Crippen LogP contribution < -0.4 is 5.32 Å². The second kappa shape index (κ2) is 4.27. The lowest BCUT2D eigenvalue weighted by atomic mass is 10.00. The van der Waals surface area contributed by atoms with Crippen LogP contribution in [0.3, 0.4) is 0 Å². The molecule has 0 aromatic carbocycles. The van der Waals surface area contributed by atoms with Gasteiger partial charge in [0.1, 0.15) is 6.23 Å². The van der Waals surface area contributed by atoms with E-state index in [9.17, 15) is 8.42 Å². The Bertz CT molecular complexity index is 350. The molecule has 0 bridgehead atoms. The first-order valence-electron chi connectivity index (χ1n) is 5.96. The summed E-state index contributed by atoms with van der Waals surface area (Å²) in [5, 5.41) is 3.39. The standard InChI is InChI=1S/C11H21NO3S/c1-11(2)8-15-10(12-11)6-9-4-3-5-16(13,14)7-9/h9-10,12H,3-8H2,1-2H3. The van der Waals surface area contributed by atoms with E-state index in [1.54, 1.807) is 0 Å². The molecule has 0 aromatic rings. The van der Waals surface area contributed by atoms with Crippen LogP contribution in [-0.2, 0) is 14.6 Å². The third-order valence-electron chi connectivity index (χ3n) is 3.30. The fraction of sp³-hybridized carbons (Fsp3) is 1.00. The van der Waals surface area contributed by atoms with Gasteiger partial charge in [0.2, 0.25) is 0 Å². The number of ether oxygens (including phenoxy) is 1. The predicted molar refractivity (Wildman–Crippen MR) is 62.9 cm³/mol. The van der Waals surface area contributed by atoms with E-state index in [2.05, 4.69) is 19.2 Å². The molecular formula is C11H21NO3S. The van der Waals surface area contributed by atoms with Gasteiger partial charge in [0.15, 0.2) is 9.84 Å². The molecule has 2 aliphatic rings. The summed E-state index contributed by atoms with van der Waals surface area (Å²) in [5.41, 5.74) is 0.0260. The summed E-state index contributed by atoms with van der Waals surface area (Å²) in [6, 6.07) is 0. The molecule has 2 rings (SSSR count). The quantitative estimate of drug-likeness (QED) is 0.788. The Hall–Kier alpha value is -0.130. The highest BCUT2D eigenvalue weighted by molar-refractivity contribution is 7.91. The van der Waals surface area contributed by atoms with Crippen molar-refractivity contribution in [3.63, 3.8) is 0 Å². The van der Waals surface area contributed by atoms with E-state index in [0.717, 1.165) is 19.3 Å². The molecule has 2 aliphatic heterocycles. The highest BCUT2D eigenvalue weighted by atomic mass is 32.2. The molecule has 0 saturated carbocycles. The first-order valence-corrected chi connectivity index (χ1v) is 7.78. The van der Waals surface area contributed by atoms with Gasteiger partial charge in [0, 0.05) is 5.54 Å². The van der Waals surface area contributed by atoms with Crippen molar-refractivity contribution in [1.82, 2.24) is 5.32 Å². The number of nitrogens with one attached hydrogen (secondary N) is 1. The Morgan fingerprint density at radius 2 is 2.19 bits per heavy atom. The SMILES string of the molecule is CC1(C)COC(CC2CCCS(=O)(=O)C2)N1. The molecule has 2 heterocycles. The Labute approximate surface area is 97.7 Å². The Morgan fingerprint density at radius 3 is 2.75 bits per heavy atom. The van der Waals surface area contributed by atoms with Crippen LogP contribution in [0, 0.1) is 5.92 Å². The monoisotopic (exact) mass is 247 g/mol. The maximum Gasteiger partial charge on any atom is 0.150 e. The summed E-state index contributed by atoms with van der Waals surface area (Å²) < 4.78 is 28.6. The molecule has 94 valence electrons. The fourth-order valence-electron chi connectivity index (χ4n) is 2.56. The molecule has 0 radical (unpaired) electrons. The van der Waals surface area contributed by atoms with E-state index in [0.29, 0.717) is 18.1 Å². The molecule has 0 spiro atoms. The summed E-state index contributed by atoms with van der Waals surface area (Å²) in [5.74, 6) is 0.980. The second-order valence-corrected chi connectivity index (χ2v) is 7.91. The Kier molecular flexibility index (Phi) is 3.29. The summed E-state index contributed by atoms with van der Waals surface area (Å²) in [6.45, 7) is 4.91. The predicted octanol–water partition coefficient (Wildman–Crippen LogP) is 0.926. The van der Waals surface area contributed by atoms with Gasteiger partial charge in [-0.15, -0.1) is 0 Å². The van der Waals surface area contributed by atoms with Gasteiger partial charge in [0.05, 0.1) is 18.1 Å². The van der Waals surface area contributed by atoms with Gasteiger partial charge in [-0.1, -0.05) is 0 Å². The van der Waals surface area contributed by atoms with Crippen LogP contribution in [0.1, 0.15) is 33.1 Å². The van der Waals surface area contributed by atoms with Crippen molar-refractivity contribution in [3.8, 4) is 0 Å². The van der Waals surface area contributed by atoms with Gasteiger partial charge >= 0.3 is 0 Å². The van der Waals surface area contributed by atoms with Crippen LogP contribution in [0.2, 0.25) is 0 Å². The molecule has 0 aromatic heterocycles. The van der Waals surface area contributed by atoms with Crippen molar-refractivity contribution < 1.29 is 13.2 Å². The first-order chi connectivity index (χ1) is 7.36. The maximum absolute atomic E-state index is 11.5. The van der Waals surface area contributed by atoms with Gasteiger partial charge in [-0.05, 0) is 39.0 Å². The van der Waals surface area contributed by atoms with E-state index < -0.39 is 9.84 Å². The normalized spacial score (nSPS) is 37.4. The number of rotatable bonds is 2. The van der Waals surface area contributed by atoms with Gasteiger partial charge in [-0.2, -0.15) is 0 Å². The Morgan fingerprint density at radius 1 is 1.44 bits per heavy atom. The third-order valence-corrected chi connectivity index (χ3v) is 5.19. The van der Waals surface area contributed by atoms with Crippen LogP contribution >= 0.6 is 0 Å². The van der Waals surface area contributed by atoms with E-state index >= 15 is 0 Å². The minimum atomic E-state index is -2.79.